The van der Waals surface area contributed by atoms with Gasteiger partial charge in [-0.05, 0) is 87.3 Å². The van der Waals surface area contributed by atoms with Gasteiger partial charge in [-0.15, -0.1) is 11.3 Å². The summed E-state index contributed by atoms with van der Waals surface area (Å²) in [4.78, 5) is 19.7. The van der Waals surface area contributed by atoms with Crippen LogP contribution in [0.1, 0.15) is 58.8 Å². The van der Waals surface area contributed by atoms with Gasteiger partial charge in [0.25, 0.3) is 5.91 Å². The van der Waals surface area contributed by atoms with Gasteiger partial charge in [0.1, 0.15) is 0 Å². The SMILES string of the molecule is Cc1cc(-c2ccc(C3CCN(C4CCNC4)CC3)cc2)sc1C(=O)N1CCCC1. The van der Waals surface area contributed by atoms with Crippen molar-refractivity contribution in [2.24, 2.45) is 0 Å². The number of thiophene rings is 1. The van der Waals surface area contributed by atoms with Crippen molar-refractivity contribution in [2.45, 2.75) is 51.0 Å². The lowest BCUT2D eigenvalue weighted by Crippen LogP contribution is -2.42. The van der Waals surface area contributed by atoms with Crippen LogP contribution >= 0.6 is 11.3 Å². The van der Waals surface area contributed by atoms with Gasteiger partial charge in [0.15, 0.2) is 0 Å². The second kappa shape index (κ2) is 8.81. The Morgan fingerprint density at radius 1 is 1.03 bits per heavy atom. The molecule has 5 heteroatoms. The first kappa shape index (κ1) is 20.2. The summed E-state index contributed by atoms with van der Waals surface area (Å²) in [7, 11) is 0. The Bertz CT molecular complexity index is 870. The summed E-state index contributed by atoms with van der Waals surface area (Å²) in [6.45, 7) is 8.70. The predicted octanol–water partition coefficient (Wildman–Crippen LogP) is 4.50. The predicted molar refractivity (Wildman–Crippen MR) is 124 cm³/mol. The van der Waals surface area contributed by atoms with Gasteiger partial charge in [-0.2, -0.15) is 0 Å². The summed E-state index contributed by atoms with van der Waals surface area (Å²) in [5.41, 5.74) is 3.83. The van der Waals surface area contributed by atoms with Crippen LogP contribution in [0, 0.1) is 6.92 Å². The molecule has 1 aromatic carbocycles. The molecular weight excluding hydrogens is 390 g/mol. The number of rotatable bonds is 4. The van der Waals surface area contributed by atoms with Gasteiger partial charge in [0, 0.05) is 30.6 Å². The first-order valence-corrected chi connectivity index (χ1v) is 12.5. The highest BCUT2D eigenvalue weighted by atomic mass is 32.1. The van der Waals surface area contributed by atoms with E-state index in [1.54, 1.807) is 11.3 Å². The first-order valence-electron chi connectivity index (χ1n) is 11.6. The zero-order chi connectivity index (χ0) is 20.5. The summed E-state index contributed by atoms with van der Waals surface area (Å²) in [6.07, 6.45) is 6.12. The summed E-state index contributed by atoms with van der Waals surface area (Å²) in [5.74, 6) is 0.907. The number of piperidine rings is 1. The highest BCUT2D eigenvalue weighted by Gasteiger charge is 2.28. The minimum Gasteiger partial charge on any atom is -0.338 e. The summed E-state index contributed by atoms with van der Waals surface area (Å²) in [6, 6.07) is 12.1. The van der Waals surface area contributed by atoms with E-state index in [4.69, 9.17) is 0 Å². The van der Waals surface area contributed by atoms with Gasteiger partial charge in [-0.25, -0.2) is 0 Å². The van der Waals surface area contributed by atoms with Crippen LogP contribution in [-0.2, 0) is 0 Å². The Balaban J connectivity index is 1.24. The maximum atomic E-state index is 12.8. The molecule has 0 radical (unpaired) electrons. The molecule has 1 aromatic heterocycles. The number of hydrogen-bond acceptors (Lipinski definition) is 4. The molecule has 3 aliphatic heterocycles. The number of nitrogens with one attached hydrogen (secondary N) is 1. The molecule has 3 fully saturated rings. The van der Waals surface area contributed by atoms with Crippen LogP contribution in [0.3, 0.4) is 0 Å². The van der Waals surface area contributed by atoms with Gasteiger partial charge in [-0.1, -0.05) is 24.3 Å². The van der Waals surface area contributed by atoms with E-state index in [0.717, 1.165) is 42.4 Å². The van der Waals surface area contributed by atoms with Gasteiger partial charge in [-0.3, -0.25) is 9.69 Å². The second-order valence-corrected chi connectivity index (χ2v) is 10.3. The van der Waals surface area contributed by atoms with E-state index in [9.17, 15) is 4.79 Å². The van der Waals surface area contributed by atoms with E-state index in [1.165, 1.54) is 61.4 Å². The summed E-state index contributed by atoms with van der Waals surface area (Å²) in [5, 5.41) is 3.50. The number of amides is 1. The highest BCUT2D eigenvalue weighted by molar-refractivity contribution is 7.17. The molecule has 1 N–H and O–H groups in total. The average Bonchev–Trinajstić information content (AvgIpc) is 3.55. The molecule has 1 amide bonds. The molecule has 160 valence electrons. The zero-order valence-electron chi connectivity index (χ0n) is 18.0. The molecule has 3 aliphatic rings. The van der Waals surface area contributed by atoms with E-state index in [0.29, 0.717) is 5.92 Å². The fraction of sp³-hybridized carbons (Fsp3) is 0.560. The molecule has 4 heterocycles. The van der Waals surface area contributed by atoms with Crippen molar-refractivity contribution in [3.63, 3.8) is 0 Å². The van der Waals surface area contributed by atoms with Crippen LogP contribution in [-0.4, -0.2) is 61.0 Å². The Labute approximate surface area is 184 Å². The Hall–Kier alpha value is -1.69. The first-order chi connectivity index (χ1) is 14.7. The number of nitrogens with zero attached hydrogens (tertiary/aromatic N) is 2. The third-order valence-electron chi connectivity index (χ3n) is 7.25. The lowest BCUT2D eigenvalue weighted by atomic mass is 9.88. The van der Waals surface area contributed by atoms with Crippen LogP contribution in [0.4, 0.5) is 0 Å². The van der Waals surface area contributed by atoms with Gasteiger partial charge in [0.2, 0.25) is 0 Å². The molecule has 0 spiro atoms. The molecule has 3 saturated heterocycles. The summed E-state index contributed by atoms with van der Waals surface area (Å²) >= 11 is 1.66. The van der Waals surface area contributed by atoms with Crippen molar-refractivity contribution in [1.29, 1.82) is 0 Å². The minimum atomic E-state index is 0.224. The number of likely N-dealkylation sites (tertiary alicyclic amines) is 2. The molecule has 0 bridgehead atoms. The second-order valence-electron chi connectivity index (χ2n) is 9.20. The molecule has 2 aromatic rings. The Morgan fingerprint density at radius 3 is 2.43 bits per heavy atom. The fourth-order valence-corrected chi connectivity index (χ4v) is 6.51. The minimum absolute atomic E-state index is 0.224. The average molecular weight is 424 g/mol. The monoisotopic (exact) mass is 423 g/mol. The maximum Gasteiger partial charge on any atom is 0.264 e. The standard InChI is InChI=1S/C25H33N3OS/c1-18-16-23(30-24(18)25(29)28-12-2-3-13-28)21-6-4-19(5-7-21)20-9-14-27(15-10-20)22-8-11-26-17-22/h4-7,16,20,22,26H,2-3,8-15,17H2,1H3. The van der Waals surface area contributed by atoms with Crippen molar-refractivity contribution < 1.29 is 4.79 Å². The lowest BCUT2D eigenvalue weighted by molar-refractivity contribution is 0.0797. The Kier molecular flexibility index (Phi) is 5.94. The fourth-order valence-electron chi connectivity index (χ4n) is 5.37. The molecule has 1 unspecified atom stereocenters. The number of benzene rings is 1. The Morgan fingerprint density at radius 2 is 1.77 bits per heavy atom. The molecule has 1 atom stereocenters. The molecule has 0 saturated carbocycles. The third-order valence-corrected chi connectivity index (χ3v) is 8.53. The third kappa shape index (κ3) is 4.08. The zero-order valence-corrected chi connectivity index (χ0v) is 18.8. The van der Waals surface area contributed by atoms with E-state index < -0.39 is 0 Å². The van der Waals surface area contributed by atoms with Crippen LogP contribution in [0.2, 0.25) is 0 Å². The topological polar surface area (TPSA) is 35.6 Å². The van der Waals surface area contributed by atoms with Crippen LogP contribution in [0.25, 0.3) is 10.4 Å². The van der Waals surface area contributed by atoms with Crippen LogP contribution < -0.4 is 5.32 Å². The van der Waals surface area contributed by atoms with E-state index in [2.05, 4.69) is 47.5 Å². The molecule has 0 aliphatic carbocycles. The van der Waals surface area contributed by atoms with Gasteiger partial charge >= 0.3 is 0 Å². The molecular formula is C25H33N3OS. The largest absolute Gasteiger partial charge is 0.338 e. The number of carbonyl (C=O) groups is 1. The number of hydrogen-bond donors (Lipinski definition) is 1. The van der Waals surface area contributed by atoms with Crippen LogP contribution in [0.5, 0.6) is 0 Å². The summed E-state index contributed by atoms with van der Waals surface area (Å²) < 4.78 is 0. The lowest BCUT2D eigenvalue weighted by Gasteiger charge is -2.35. The van der Waals surface area contributed by atoms with E-state index >= 15 is 0 Å². The van der Waals surface area contributed by atoms with Crippen molar-refractivity contribution in [2.75, 3.05) is 39.3 Å². The van der Waals surface area contributed by atoms with E-state index in [-0.39, 0.29) is 5.91 Å². The number of aryl methyl sites for hydroxylation is 1. The smallest absolute Gasteiger partial charge is 0.264 e. The molecule has 4 nitrogen and oxygen atoms in total. The quantitative estimate of drug-likeness (QED) is 0.786. The van der Waals surface area contributed by atoms with Crippen LogP contribution in [0.15, 0.2) is 30.3 Å². The van der Waals surface area contributed by atoms with Crippen molar-refractivity contribution in [1.82, 2.24) is 15.1 Å². The normalized spacial score (nSPS) is 23.4. The van der Waals surface area contributed by atoms with Gasteiger partial charge < -0.3 is 10.2 Å². The molecule has 30 heavy (non-hydrogen) atoms. The highest BCUT2D eigenvalue weighted by Crippen LogP contribution is 2.35. The van der Waals surface area contributed by atoms with Gasteiger partial charge in [0.05, 0.1) is 4.88 Å². The van der Waals surface area contributed by atoms with Crippen molar-refractivity contribution >= 4 is 17.2 Å². The van der Waals surface area contributed by atoms with Crippen molar-refractivity contribution in [3.8, 4) is 10.4 Å². The van der Waals surface area contributed by atoms with E-state index in [1.807, 2.05) is 4.90 Å². The van der Waals surface area contributed by atoms with Crippen molar-refractivity contribution in [3.05, 3.63) is 46.3 Å². The maximum absolute atomic E-state index is 12.8. The number of carbonyl (C=O) groups excluding carboxylic acids is 1. The molecule has 5 rings (SSSR count).